The van der Waals surface area contributed by atoms with E-state index in [0.717, 1.165) is 24.0 Å². The minimum atomic E-state index is -0.782. The molecule has 1 atom stereocenters. The van der Waals surface area contributed by atoms with Crippen molar-refractivity contribution in [2.75, 3.05) is 6.54 Å². The zero-order valence-electron chi connectivity index (χ0n) is 14.3. The number of amides is 2. The second-order valence-electron chi connectivity index (χ2n) is 6.04. The van der Waals surface area contributed by atoms with Crippen LogP contribution in [-0.4, -0.2) is 29.4 Å². The molecule has 0 fully saturated rings. The number of carbonyl (C=O) groups excluding carboxylic acids is 2. The van der Waals surface area contributed by atoms with Crippen LogP contribution >= 0.6 is 0 Å². The zero-order valence-corrected chi connectivity index (χ0v) is 14.3. The fourth-order valence-corrected chi connectivity index (χ4v) is 2.21. The van der Waals surface area contributed by atoms with Crippen molar-refractivity contribution in [3.05, 3.63) is 35.4 Å². The molecule has 1 rings (SSSR count). The van der Waals surface area contributed by atoms with Gasteiger partial charge in [0.15, 0.2) is 0 Å². The Bertz CT molecular complexity index is 555. The van der Waals surface area contributed by atoms with Crippen LogP contribution in [0.3, 0.4) is 0 Å². The van der Waals surface area contributed by atoms with Crippen LogP contribution in [0.25, 0.3) is 0 Å². The third-order valence-corrected chi connectivity index (χ3v) is 3.70. The summed E-state index contributed by atoms with van der Waals surface area (Å²) in [5.41, 5.74) is 1.93. The fraction of sp³-hybridized carbons (Fsp3) is 0.500. The molecule has 6 nitrogen and oxygen atoms in total. The minimum absolute atomic E-state index is 0.123. The predicted molar refractivity (Wildman–Crippen MR) is 91.7 cm³/mol. The van der Waals surface area contributed by atoms with Crippen molar-refractivity contribution in [1.82, 2.24) is 10.6 Å². The van der Waals surface area contributed by atoms with Gasteiger partial charge in [0.25, 0.3) is 0 Å². The first-order valence-electron chi connectivity index (χ1n) is 8.20. The van der Waals surface area contributed by atoms with Crippen LogP contribution in [-0.2, 0) is 22.6 Å². The number of ketones is 1. The molecule has 0 aliphatic rings. The number of aliphatic carboxylic acids is 1. The molecule has 0 bridgehead atoms. The van der Waals surface area contributed by atoms with Crippen LogP contribution < -0.4 is 10.6 Å². The number of hydrogen-bond acceptors (Lipinski definition) is 3. The van der Waals surface area contributed by atoms with Gasteiger partial charge in [0.05, 0.1) is 5.92 Å². The molecule has 0 aliphatic carbocycles. The molecule has 3 N–H and O–H groups in total. The predicted octanol–water partition coefficient (Wildman–Crippen LogP) is 2.51. The molecule has 1 aromatic rings. The lowest BCUT2D eigenvalue weighted by Gasteiger charge is -2.09. The summed E-state index contributed by atoms with van der Waals surface area (Å²) in [6.45, 7) is 4.18. The molecule has 6 heteroatoms. The van der Waals surface area contributed by atoms with E-state index in [0.29, 0.717) is 25.9 Å². The molecule has 0 spiro atoms. The maximum atomic E-state index is 11.7. The lowest BCUT2D eigenvalue weighted by molar-refractivity contribution is -0.141. The Labute approximate surface area is 142 Å². The molecule has 0 aliphatic heterocycles. The van der Waals surface area contributed by atoms with Gasteiger partial charge in [-0.3, -0.25) is 9.59 Å². The van der Waals surface area contributed by atoms with Gasteiger partial charge in [0.1, 0.15) is 5.78 Å². The van der Waals surface area contributed by atoms with Gasteiger partial charge in [-0.25, -0.2) is 4.79 Å². The number of urea groups is 1. The standard InChI is InChI=1S/C18H26N2O4/c1-13(17(22)23)5-3-4-10-19-18(24)20-12-16-8-6-15(7-9-16)11-14(2)21/h6-9,13H,3-5,10-12H2,1-2H3,(H,22,23)(H2,19,20,24)/t13-/m0/s1. The van der Waals surface area contributed by atoms with Gasteiger partial charge in [-0.15, -0.1) is 0 Å². The average Bonchev–Trinajstić information content (AvgIpc) is 2.53. The third kappa shape index (κ3) is 8.31. The van der Waals surface area contributed by atoms with Crippen molar-refractivity contribution in [1.29, 1.82) is 0 Å². The minimum Gasteiger partial charge on any atom is -0.481 e. The third-order valence-electron chi connectivity index (χ3n) is 3.70. The Kier molecular flexibility index (Phi) is 8.54. The number of Topliss-reactive ketones (excluding diaryl/α,β-unsaturated/α-hetero) is 1. The number of unbranched alkanes of at least 4 members (excludes halogenated alkanes) is 1. The van der Waals surface area contributed by atoms with Crippen molar-refractivity contribution < 1.29 is 19.5 Å². The average molecular weight is 334 g/mol. The molecule has 132 valence electrons. The van der Waals surface area contributed by atoms with Gasteiger partial charge < -0.3 is 15.7 Å². The van der Waals surface area contributed by atoms with Crippen LogP contribution in [0.1, 0.15) is 44.2 Å². The van der Waals surface area contributed by atoms with Gasteiger partial charge in [-0.2, -0.15) is 0 Å². The first kappa shape index (κ1) is 19.7. The Balaban J connectivity index is 2.17. The van der Waals surface area contributed by atoms with E-state index in [1.807, 2.05) is 24.3 Å². The van der Waals surface area contributed by atoms with Crippen LogP contribution in [0.15, 0.2) is 24.3 Å². The summed E-state index contributed by atoms with van der Waals surface area (Å²) in [5, 5.41) is 14.3. The lowest BCUT2D eigenvalue weighted by Crippen LogP contribution is -2.35. The highest BCUT2D eigenvalue weighted by Crippen LogP contribution is 2.07. The molecule has 0 saturated carbocycles. The number of carboxylic acid groups (broad SMARTS) is 1. The van der Waals surface area contributed by atoms with E-state index in [2.05, 4.69) is 10.6 Å². The van der Waals surface area contributed by atoms with Crippen molar-refractivity contribution in [2.24, 2.45) is 5.92 Å². The molecule has 1 aromatic carbocycles. The molecule has 0 heterocycles. The van der Waals surface area contributed by atoms with E-state index in [1.165, 1.54) is 0 Å². The quantitative estimate of drug-likeness (QED) is 0.573. The number of hydrogen-bond donors (Lipinski definition) is 3. The van der Waals surface area contributed by atoms with Crippen molar-refractivity contribution in [2.45, 2.75) is 46.1 Å². The normalized spacial score (nSPS) is 11.6. The maximum absolute atomic E-state index is 11.7. The summed E-state index contributed by atoms with van der Waals surface area (Å²) in [7, 11) is 0. The van der Waals surface area contributed by atoms with Crippen molar-refractivity contribution in [3.8, 4) is 0 Å². The van der Waals surface area contributed by atoms with Crippen LogP contribution in [0, 0.1) is 5.92 Å². The Morgan fingerprint density at radius 2 is 1.67 bits per heavy atom. The summed E-state index contributed by atoms with van der Waals surface area (Å²) in [6.07, 6.45) is 2.57. The van der Waals surface area contributed by atoms with E-state index in [4.69, 9.17) is 5.11 Å². The van der Waals surface area contributed by atoms with Crippen LogP contribution in [0.4, 0.5) is 4.79 Å². The van der Waals surface area contributed by atoms with Gasteiger partial charge >= 0.3 is 12.0 Å². The summed E-state index contributed by atoms with van der Waals surface area (Å²) in [6, 6.07) is 7.33. The van der Waals surface area contributed by atoms with Crippen molar-refractivity contribution >= 4 is 17.8 Å². The molecule has 2 amide bonds. The lowest BCUT2D eigenvalue weighted by atomic mass is 10.0. The summed E-state index contributed by atoms with van der Waals surface area (Å²) < 4.78 is 0. The van der Waals surface area contributed by atoms with E-state index in [1.54, 1.807) is 13.8 Å². The highest BCUT2D eigenvalue weighted by molar-refractivity contribution is 5.78. The topological polar surface area (TPSA) is 95.5 Å². The van der Waals surface area contributed by atoms with Crippen molar-refractivity contribution in [3.63, 3.8) is 0 Å². The fourth-order valence-electron chi connectivity index (χ4n) is 2.21. The number of carboxylic acids is 1. The number of nitrogens with one attached hydrogen (secondary N) is 2. The summed E-state index contributed by atoms with van der Waals surface area (Å²) >= 11 is 0. The summed E-state index contributed by atoms with van der Waals surface area (Å²) in [5.74, 6) is -1.00. The molecule has 24 heavy (non-hydrogen) atoms. The SMILES string of the molecule is CC(=O)Cc1ccc(CNC(=O)NCCCC[C@H](C)C(=O)O)cc1. The molecule has 0 saturated heterocycles. The first-order chi connectivity index (χ1) is 11.4. The molecular formula is C18H26N2O4. The van der Waals surface area contributed by atoms with E-state index >= 15 is 0 Å². The van der Waals surface area contributed by atoms with Gasteiger partial charge in [0.2, 0.25) is 0 Å². The number of carbonyl (C=O) groups is 3. The molecule has 0 unspecified atom stereocenters. The Hall–Kier alpha value is -2.37. The highest BCUT2D eigenvalue weighted by Gasteiger charge is 2.09. The van der Waals surface area contributed by atoms with E-state index in [9.17, 15) is 14.4 Å². The second-order valence-corrected chi connectivity index (χ2v) is 6.04. The van der Waals surface area contributed by atoms with Crippen LogP contribution in [0.5, 0.6) is 0 Å². The number of benzene rings is 1. The maximum Gasteiger partial charge on any atom is 0.315 e. The zero-order chi connectivity index (χ0) is 17.9. The highest BCUT2D eigenvalue weighted by atomic mass is 16.4. The summed E-state index contributed by atoms with van der Waals surface area (Å²) in [4.78, 5) is 33.4. The van der Waals surface area contributed by atoms with E-state index in [-0.39, 0.29) is 17.7 Å². The Morgan fingerprint density at radius 3 is 2.25 bits per heavy atom. The van der Waals surface area contributed by atoms with Gasteiger partial charge in [-0.1, -0.05) is 37.6 Å². The van der Waals surface area contributed by atoms with Gasteiger partial charge in [-0.05, 0) is 30.9 Å². The van der Waals surface area contributed by atoms with Crippen LogP contribution in [0.2, 0.25) is 0 Å². The molecular weight excluding hydrogens is 308 g/mol. The number of rotatable bonds is 10. The Morgan fingerprint density at radius 1 is 1.04 bits per heavy atom. The van der Waals surface area contributed by atoms with Gasteiger partial charge in [0, 0.05) is 19.5 Å². The smallest absolute Gasteiger partial charge is 0.315 e. The second kappa shape index (κ2) is 10.4. The monoisotopic (exact) mass is 334 g/mol. The molecule has 0 aromatic heterocycles. The first-order valence-corrected chi connectivity index (χ1v) is 8.20. The molecule has 0 radical (unpaired) electrons. The van der Waals surface area contributed by atoms with E-state index < -0.39 is 5.97 Å². The largest absolute Gasteiger partial charge is 0.481 e.